The van der Waals surface area contributed by atoms with Crippen molar-refractivity contribution in [2.45, 2.75) is 25.0 Å². The first-order chi connectivity index (χ1) is 9.06. The summed E-state index contributed by atoms with van der Waals surface area (Å²) in [6, 6.07) is 1.60. The van der Waals surface area contributed by atoms with Crippen molar-refractivity contribution in [1.29, 1.82) is 0 Å². The van der Waals surface area contributed by atoms with Crippen molar-refractivity contribution >= 4 is 5.97 Å². The molecule has 1 aliphatic heterocycles. The molecule has 2 rings (SSSR count). The summed E-state index contributed by atoms with van der Waals surface area (Å²) in [6.45, 7) is 1.01. The molecule has 104 valence electrons. The van der Waals surface area contributed by atoms with E-state index in [1.165, 1.54) is 0 Å². The van der Waals surface area contributed by atoms with Crippen LogP contribution in [0.1, 0.15) is 24.4 Å². The molecular formula is C13H15F2NO3. The highest BCUT2D eigenvalue weighted by molar-refractivity contribution is 5.75. The number of carbonyl (C=O) groups is 1. The predicted octanol–water partition coefficient (Wildman–Crippen LogP) is 1.86. The molecule has 2 atom stereocenters. The van der Waals surface area contributed by atoms with E-state index in [0.717, 1.165) is 25.0 Å². The van der Waals surface area contributed by atoms with Crippen LogP contribution in [0.25, 0.3) is 0 Å². The SMILES string of the molecule is O=C(O)C(NCC1CCCO1)c1cc(F)cc(F)c1. The number of aliphatic carboxylic acids is 1. The maximum atomic E-state index is 13.1. The molecule has 1 saturated heterocycles. The average Bonchev–Trinajstić information content (AvgIpc) is 2.80. The highest BCUT2D eigenvalue weighted by atomic mass is 19.1. The van der Waals surface area contributed by atoms with E-state index in [4.69, 9.17) is 9.84 Å². The zero-order chi connectivity index (χ0) is 13.8. The third-order valence-corrected chi connectivity index (χ3v) is 3.04. The molecule has 2 N–H and O–H groups in total. The second-order valence-electron chi connectivity index (χ2n) is 4.52. The van der Waals surface area contributed by atoms with Crippen molar-refractivity contribution in [2.24, 2.45) is 0 Å². The highest BCUT2D eigenvalue weighted by Gasteiger charge is 2.23. The number of carboxylic acids is 1. The lowest BCUT2D eigenvalue weighted by molar-refractivity contribution is -0.139. The number of ether oxygens (including phenoxy) is 1. The van der Waals surface area contributed by atoms with Gasteiger partial charge >= 0.3 is 5.97 Å². The van der Waals surface area contributed by atoms with Gasteiger partial charge in [-0.3, -0.25) is 10.1 Å². The minimum absolute atomic E-state index is 0.0414. The maximum Gasteiger partial charge on any atom is 0.325 e. The molecule has 1 aliphatic rings. The van der Waals surface area contributed by atoms with Crippen molar-refractivity contribution < 1.29 is 23.4 Å². The van der Waals surface area contributed by atoms with Crippen molar-refractivity contribution in [3.63, 3.8) is 0 Å². The Morgan fingerprint density at radius 2 is 2.11 bits per heavy atom. The topological polar surface area (TPSA) is 58.6 Å². The third kappa shape index (κ3) is 3.71. The fourth-order valence-electron chi connectivity index (χ4n) is 2.14. The molecule has 1 aromatic carbocycles. The summed E-state index contributed by atoms with van der Waals surface area (Å²) in [5.74, 6) is -2.76. The molecule has 1 fully saturated rings. The lowest BCUT2D eigenvalue weighted by atomic mass is 10.1. The van der Waals surface area contributed by atoms with Gasteiger partial charge in [-0.1, -0.05) is 0 Å². The minimum Gasteiger partial charge on any atom is -0.480 e. The van der Waals surface area contributed by atoms with Gasteiger partial charge in [0.2, 0.25) is 0 Å². The smallest absolute Gasteiger partial charge is 0.325 e. The summed E-state index contributed by atoms with van der Waals surface area (Å²) in [7, 11) is 0. The minimum atomic E-state index is -1.18. The van der Waals surface area contributed by atoms with Crippen molar-refractivity contribution in [3.05, 3.63) is 35.4 Å². The molecule has 2 unspecified atom stereocenters. The Balaban J connectivity index is 2.07. The van der Waals surface area contributed by atoms with Crippen LogP contribution < -0.4 is 5.32 Å². The first-order valence-corrected chi connectivity index (χ1v) is 6.10. The second-order valence-corrected chi connectivity index (χ2v) is 4.52. The number of carboxylic acid groups (broad SMARTS) is 1. The summed E-state index contributed by atoms with van der Waals surface area (Å²) in [4.78, 5) is 11.2. The summed E-state index contributed by atoms with van der Waals surface area (Å²) < 4.78 is 31.6. The van der Waals surface area contributed by atoms with Crippen LogP contribution in [-0.2, 0) is 9.53 Å². The molecule has 0 amide bonds. The Kier molecular flexibility index (Phi) is 4.44. The number of hydrogen-bond acceptors (Lipinski definition) is 3. The molecule has 0 spiro atoms. The van der Waals surface area contributed by atoms with E-state index in [2.05, 4.69) is 5.32 Å². The van der Waals surface area contributed by atoms with Crippen LogP contribution in [-0.4, -0.2) is 30.3 Å². The molecule has 1 heterocycles. The zero-order valence-corrected chi connectivity index (χ0v) is 10.2. The molecule has 0 saturated carbocycles. The monoisotopic (exact) mass is 271 g/mol. The number of nitrogens with one attached hydrogen (secondary N) is 1. The van der Waals surface area contributed by atoms with Gasteiger partial charge < -0.3 is 9.84 Å². The standard InChI is InChI=1S/C13H15F2NO3/c14-9-4-8(5-10(15)6-9)12(13(17)18)16-7-11-2-1-3-19-11/h4-6,11-12,16H,1-3,7H2,(H,17,18). The van der Waals surface area contributed by atoms with Gasteiger partial charge in [0, 0.05) is 19.2 Å². The van der Waals surface area contributed by atoms with Gasteiger partial charge in [0.15, 0.2) is 0 Å². The van der Waals surface area contributed by atoms with E-state index in [1.54, 1.807) is 0 Å². The molecular weight excluding hydrogens is 256 g/mol. The number of rotatable bonds is 5. The van der Waals surface area contributed by atoms with Crippen LogP contribution in [0.5, 0.6) is 0 Å². The number of benzene rings is 1. The van der Waals surface area contributed by atoms with E-state index < -0.39 is 23.6 Å². The Labute approximate surface area is 109 Å². The van der Waals surface area contributed by atoms with E-state index in [0.29, 0.717) is 19.2 Å². The predicted molar refractivity (Wildman–Crippen MR) is 63.7 cm³/mol. The first kappa shape index (κ1) is 13.9. The summed E-state index contributed by atoms with van der Waals surface area (Å²) in [5.41, 5.74) is 0.0583. The van der Waals surface area contributed by atoms with E-state index in [-0.39, 0.29) is 11.7 Å². The van der Waals surface area contributed by atoms with Gasteiger partial charge in [0.1, 0.15) is 17.7 Å². The highest BCUT2D eigenvalue weighted by Crippen LogP contribution is 2.18. The number of halogens is 2. The molecule has 4 nitrogen and oxygen atoms in total. The van der Waals surface area contributed by atoms with Crippen molar-refractivity contribution in [2.75, 3.05) is 13.2 Å². The van der Waals surface area contributed by atoms with Crippen molar-refractivity contribution in [1.82, 2.24) is 5.32 Å². The van der Waals surface area contributed by atoms with E-state index in [1.807, 2.05) is 0 Å². The van der Waals surface area contributed by atoms with Gasteiger partial charge in [0.25, 0.3) is 0 Å². The quantitative estimate of drug-likeness (QED) is 0.858. The van der Waals surface area contributed by atoms with E-state index >= 15 is 0 Å². The molecule has 19 heavy (non-hydrogen) atoms. The Hall–Kier alpha value is -1.53. The van der Waals surface area contributed by atoms with Crippen LogP contribution in [0, 0.1) is 11.6 Å². The van der Waals surface area contributed by atoms with Crippen LogP contribution in [0.4, 0.5) is 8.78 Å². The van der Waals surface area contributed by atoms with Gasteiger partial charge in [-0.25, -0.2) is 8.78 Å². The fraction of sp³-hybridized carbons (Fsp3) is 0.462. The lowest BCUT2D eigenvalue weighted by Crippen LogP contribution is -2.34. The zero-order valence-electron chi connectivity index (χ0n) is 10.2. The second kappa shape index (κ2) is 6.08. The molecule has 0 radical (unpaired) electrons. The maximum absolute atomic E-state index is 13.1. The summed E-state index contributed by atoms with van der Waals surface area (Å²) in [5, 5.41) is 11.9. The Morgan fingerprint density at radius 3 is 2.63 bits per heavy atom. The summed E-state index contributed by atoms with van der Waals surface area (Å²) in [6.07, 6.45) is 1.76. The van der Waals surface area contributed by atoms with Crippen LogP contribution in [0.2, 0.25) is 0 Å². The molecule has 0 aromatic heterocycles. The first-order valence-electron chi connectivity index (χ1n) is 6.10. The van der Waals surface area contributed by atoms with Gasteiger partial charge in [-0.15, -0.1) is 0 Å². The van der Waals surface area contributed by atoms with Crippen LogP contribution in [0.15, 0.2) is 18.2 Å². The molecule has 0 bridgehead atoms. The Morgan fingerprint density at radius 1 is 1.42 bits per heavy atom. The van der Waals surface area contributed by atoms with Gasteiger partial charge in [0.05, 0.1) is 6.10 Å². The van der Waals surface area contributed by atoms with E-state index in [9.17, 15) is 13.6 Å². The normalized spacial score (nSPS) is 20.4. The van der Waals surface area contributed by atoms with Crippen molar-refractivity contribution in [3.8, 4) is 0 Å². The molecule has 1 aromatic rings. The summed E-state index contributed by atoms with van der Waals surface area (Å²) >= 11 is 0. The number of hydrogen-bond donors (Lipinski definition) is 2. The molecule has 6 heteroatoms. The fourth-order valence-corrected chi connectivity index (χ4v) is 2.14. The average molecular weight is 271 g/mol. The third-order valence-electron chi connectivity index (χ3n) is 3.04. The van der Waals surface area contributed by atoms with Gasteiger partial charge in [-0.2, -0.15) is 0 Å². The lowest BCUT2D eigenvalue weighted by Gasteiger charge is -2.17. The Bertz CT molecular complexity index is 441. The largest absolute Gasteiger partial charge is 0.480 e. The molecule has 0 aliphatic carbocycles. The van der Waals surface area contributed by atoms with Crippen LogP contribution in [0.3, 0.4) is 0 Å². The van der Waals surface area contributed by atoms with Crippen LogP contribution >= 0.6 is 0 Å². The van der Waals surface area contributed by atoms with Gasteiger partial charge in [-0.05, 0) is 30.5 Å².